The van der Waals surface area contributed by atoms with Crippen LogP contribution in [0.15, 0.2) is 33.7 Å². The lowest BCUT2D eigenvalue weighted by Crippen LogP contribution is -2.15. The van der Waals surface area contributed by atoms with E-state index in [0.29, 0.717) is 17.5 Å². The molecule has 1 heterocycles. The van der Waals surface area contributed by atoms with Crippen molar-refractivity contribution in [2.45, 2.75) is 36.5 Å². The third kappa shape index (κ3) is 4.53. The Morgan fingerprint density at radius 1 is 1.42 bits per heavy atom. The van der Waals surface area contributed by atoms with Crippen LogP contribution >= 0.6 is 23.4 Å². The molecule has 0 amide bonds. The van der Waals surface area contributed by atoms with Crippen LogP contribution in [0.5, 0.6) is 0 Å². The number of hydrogen-bond acceptors (Lipinski definition) is 5. The fourth-order valence-electron chi connectivity index (χ4n) is 1.51. The van der Waals surface area contributed by atoms with Crippen molar-refractivity contribution in [2.24, 2.45) is 5.73 Å². The Kier molecular flexibility index (Phi) is 5.24. The number of hydrogen-bond donors (Lipinski definition) is 1. The van der Waals surface area contributed by atoms with Gasteiger partial charge in [0.25, 0.3) is 0 Å². The van der Waals surface area contributed by atoms with Crippen LogP contribution in [0.4, 0.5) is 0 Å². The van der Waals surface area contributed by atoms with E-state index in [-0.39, 0.29) is 6.04 Å². The fraction of sp³-hybridized carbons (Fsp3) is 0.385. The van der Waals surface area contributed by atoms with Crippen LogP contribution < -0.4 is 5.73 Å². The Morgan fingerprint density at radius 2 is 2.21 bits per heavy atom. The number of aromatic nitrogens is 2. The van der Waals surface area contributed by atoms with E-state index in [1.807, 2.05) is 31.2 Å². The molecular formula is C13H16ClN3OS. The number of benzene rings is 1. The molecule has 0 fully saturated rings. The summed E-state index contributed by atoms with van der Waals surface area (Å²) in [5, 5.41) is 4.69. The molecule has 2 aromatic rings. The quantitative estimate of drug-likeness (QED) is 0.829. The molecule has 1 aromatic carbocycles. The highest BCUT2D eigenvalue weighted by atomic mass is 35.5. The van der Waals surface area contributed by atoms with E-state index in [4.69, 9.17) is 21.9 Å². The molecule has 1 atom stereocenters. The molecule has 1 aromatic heterocycles. The standard InChI is InChI=1S/C13H16ClN3OS/c1-9(15)6-7-13-16-12(17-18-13)8-19-11-5-3-2-4-10(11)14/h2-5,9H,6-8,15H2,1H3. The van der Waals surface area contributed by atoms with E-state index in [1.54, 1.807) is 11.8 Å². The lowest BCUT2D eigenvalue weighted by atomic mass is 10.2. The van der Waals surface area contributed by atoms with E-state index in [0.717, 1.165) is 22.8 Å². The molecule has 6 heteroatoms. The smallest absolute Gasteiger partial charge is 0.226 e. The summed E-state index contributed by atoms with van der Waals surface area (Å²) < 4.78 is 5.17. The summed E-state index contributed by atoms with van der Waals surface area (Å²) in [6.07, 6.45) is 1.57. The number of nitrogens with zero attached hydrogens (tertiary/aromatic N) is 2. The molecule has 1 unspecified atom stereocenters. The first-order valence-electron chi connectivity index (χ1n) is 6.09. The number of rotatable bonds is 6. The van der Waals surface area contributed by atoms with Gasteiger partial charge >= 0.3 is 0 Å². The van der Waals surface area contributed by atoms with E-state index in [2.05, 4.69) is 10.1 Å². The van der Waals surface area contributed by atoms with Crippen molar-refractivity contribution in [1.82, 2.24) is 10.1 Å². The molecule has 0 saturated carbocycles. The van der Waals surface area contributed by atoms with Gasteiger partial charge in [-0.25, -0.2) is 0 Å². The molecule has 0 aliphatic carbocycles. The maximum absolute atomic E-state index is 6.08. The molecule has 0 aliphatic rings. The van der Waals surface area contributed by atoms with Crippen LogP contribution in [-0.2, 0) is 12.2 Å². The number of thioether (sulfide) groups is 1. The van der Waals surface area contributed by atoms with Crippen LogP contribution in [0.25, 0.3) is 0 Å². The molecule has 2 N–H and O–H groups in total. The Bertz CT molecular complexity index is 530. The second-order valence-electron chi connectivity index (χ2n) is 4.34. The number of aryl methyl sites for hydroxylation is 1. The first-order chi connectivity index (χ1) is 9.15. The second-order valence-corrected chi connectivity index (χ2v) is 5.76. The highest BCUT2D eigenvalue weighted by Gasteiger charge is 2.08. The zero-order valence-electron chi connectivity index (χ0n) is 10.7. The summed E-state index contributed by atoms with van der Waals surface area (Å²) in [7, 11) is 0. The molecule has 0 aliphatic heterocycles. The van der Waals surface area contributed by atoms with Gasteiger partial charge in [0.1, 0.15) is 0 Å². The van der Waals surface area contributed by atoms with Crippen molar-refractivity contribution in [3.8, 4) is 0 Å². The Morgan fingerprint density at radius 3 is 2.95 bits per heavy atom. The van der Waals surface area contributed by atoms with Crippen LogP contribution in [0.2, 0.25) is 5.02 Å². The largest absolute Gasteiger partial charge is 0.339 e. The molecular weight excluding hydrogens is 282 g/mol. The summed E-state index contributed by atoms with van der Waals surface area (Å²) in [5.74, 6) is 1.97. The Labute approximate surface area is 121 Å². The van der Waals surface area contributed by atoms with Crippen molar-refractivity contribution in [3.63, 3.8) is 0 Å². The first kappa shape index (κ1) is 14.4. The lowest BCUT2D eigenvalue weighted by molar-refractivity contribution is 0.368. The SMILES string of the molecule is CC(N)CCc1nc(CSc2ccccc2Cl)no1. The summed E-state index contributed by atoms with van der Waals surface area (Å²) in [6, 6.07) is 7.86. The van der Waals surface area contributed by atoms with Crippen LogP contribution in [0, 0.1) is 0 Å². The van der Waals surface area contributed by atoms with Crippen molar-refractivity contribution in [3.05, 3.63) is 41.0 Å². The van der Waals surface area contributed by atoms with Gasteiger partial charge in [0.05, 0.1) is 10.8 Å². The van der Waals surface area contributed by atoms with Gasteiger partial charge < -0.3 is 10.3 Å². The fourth-order valence-corrected chi connectivity index (χ4v) is 2.59. The first-order valence-corrected chi connectivity index (χ1v) is 7.46. The zero-order valence-corrected chi connectivity index (χ0v) is 12.2. The zero-order chi connectivity index (χ0) is 13.7. The molecule has 102 valence electrons. The van der Waals surface area contributed by atoms with Gasteiger partial charge in [0.2, 0.25) is 5.89 Å². The summed E-state index contributed by atoms with van der Waals surface area (Å²) in [6.45, 7) is 1.96. The minimum atomic E-state index is 0.146. The van der Waals surface area contributed by atoms with Crippen molar-refractivity contribution in [2.75, 3.05) is 0 Å². The Hall–Kier alpha value is -1.04. The molecule has 2 rings (SSSR count). The van der Waals surface area contributed by atoms with Gasteiger partial charge in [-0.2, -0.15) is 4.98 Å². The van der Waals surface area contributed by atoms with Gasteiger partial charge in [0.15, 0.2) is 5.82 Å². The third-order valence-corrected chi connectivity index (χ3v) is 4.03. The predicted octanol–water partition coefficient (Wildman–Crippen LogP) is 3.30. The van der Waals surface area contributed by atoms with Gasteiger partial charge in [-0.1, -0.05) is 28.9 Å². The van der Waals surface area contributed by atoms with Crippen LogP contribution in [0.3, 0.4) is 0 Å². The molecule has 0 bridgehead atoms. The van der Waals surface area contributed by atoms with Crippen LogP contribution in [0.1, 0.15) is 25.1 Å². The van der Waals surface area contributed by atoms with Gasteiger partial charge in [-0.3, -0.25) is 0 Å². The summed E-state index contributed by atoms with van der Waals surface area (Å²) in [5.41, 5.74) is 5.69. The number of nitrogens with two attached hydrogens (primary N) is 1. The summed E-state index contributed by atoms with van der Waals surface area (Å²) in [4.78, 5) is 5.35. The predicted molar refractivity (Wildman–Crippen MR) is 77.3 cm³/mol. The molecule has 0 radical (unpaired) electrons. The minimum Gasteiger partial charge on any atom is -0.339 e. The maximum Gasteiger partial charge on any atom is 0.226 e. The second kappa shape index (κ2) is 6.93. The number of halogens is 1. The average Bonchev–Trinajstić information content (AvgIpc) is 2.83. The van der Waals surface area contributed by atoms with Gasteiger partial charge in [-0.15, -0.1) is 11.8 Å². The normalized spacial score (nSPS) is 12.6. The molecule has 4 nitrogen and oxygen atoms in total. The molecule has 0 spiro atoms. The third-order valence-electron chi connectivity index (χ3n) is 2.52. The van der Waals surface area contributed by atoms with E-state index in [9.17, 15) is 0 Å². The van der Waals surface area contributed by atoms with Crippen molar-refractivity contribution in [1.29, 1.82) is 0 Å². The Balaban J connectivity index is 1.88. The van der Waals surface area contributed by atoms with E-state index >= 15 is 0 Å². The lowest BCUT2D eigenvalue weighted by Gasteiger charge is -2.00. The molecule has 19 heavy (non-hydrogen) atoms. The van der Waals surface area contributed by atoms with Crippen molar-refractivity contribution >= 4 is 23.4 Å². The van der Waals surface area contributed by atoms with Crippen LogP contribution in [-0.4, -0.2) is 16.2 Å². The van der Waals surface area contributed by atoms with Gasteiger partial charge in [0, 0.05) is 17.4 Å². The van der Waals surface area contributed by atoms with E-state index < -0.39 is 0 Å². The average molecular weight is 298 g/mol. The maximum atomic E-state index is 6.08. The molecule has 0 saturated heterocycles. The van der Waals surface area contributed by atoms with Gasteiger partial charge in [-0.05, 0) is 25.5 Å². The minimum absolute atomic E-state index is 0.146. The highest BCUT2D eigenvalue weighted by Crippen LogP contribution is 2.28. The van der Waals surface area contributed by atoms with E-state index in [1.165, 1.54) is 0 Å². The summed E-state index contributed by atoms with van der Waals surface area (Å²) >= 11 is 7.68. The highest BCUT2D eigenvalue weighted by molar-refractivity contribution is 7.98. The topological polar surface area (TPSA) is 64.9 Å². The van der Waals surface area contributed by atoms with Crippen molar-refractivity contribution < 1.29 is 4.52 Å². The monoisotopic (exact) mass is 297 g/mol.